The minimum absolute atomic E-state index is 0.0567. The first kappa shape index (κ1) is 24.9. The van der Waals surface area contributed by atoms with Crippen LogP contribution in [0.5, 0.6) is 0 Å². The molecule has 172 valence electrons. The number of nitrogens with zero attached hydrogens (tertiary/aromatic N) is 2. The molecule has 0 saturated carbocycles. The number of benzene rings is 2. The summed E-state index contributed by atoms with van der Waals surface area (Å²) in [6.07, 6.45) is -1.50. The lowest BCUT2D eigenvalue weighted by molar-refractivity contribution is 0.0553. The monoisotopic (exact) mass is 439 g/mol. The van der Waals surface area contributed by atoms with Crippen molar-refractivity contribution >= 4 is 18.1 Å². The third-order valence-electron chi connectivity index (χ3n) is 3.94. The maximum atomic E-state index is 12.6. The Hall–Kier alpha value is -3.35. The van der Waals surface area contributed by atoms with Gasteiger partial charge in [0, 0.05) is 13.1 Å². The molecule has 0 spiro atoms. The molecule has 0 fully saturated rings. The molecule has 2 amide bonds. The average molecular weight is 440 g/mol. The van der Waals surface area contributed by atoms with Crippen molar-refractivity contribution in [3.8, 4) is 0 Å². The summed E-state index contributed by atoms with van der Waals surface area (Å²) >= 11 is 0. The Balaban J connectivity index is 2.40. The van der Waals surface area contributed by atoms with E-state index < -0.39 is 23.4 Å². The maximum Gasteiger partial charge on any atom is 0.437 e. The minimum Gasteiger partial charge on any atom is -0.444 e. The molecule has 0 aliphatic carbocycles. The molecule has 1 N–H and O–H groups in total. The highest BCUT2D eigenvalue weighted by Gasteiger charge is 2.23. The fourth-order valence-electron chi connectivity index (χ4n) is 2.76. The number of rotatable bonds is 4. The lowest BCUT2D eigenvalue weighted by Crippen LogP contribution is -2.46. The summed E-state index contributed by atoms with van der Waals surface area (Å²) in [4.78, 5) is 31.0. The van der Waals surface area contributed by atoms with Crippen LogP contribution in [-0.4, -0.2) is 34.2 Å². The summed E-state index contributed by atoms with van der Waals surface area (Å²) in [6.45, 7) is 11.4. The lowest BCUT2D eigenvalue weighted by atomic mass is 10.2. The molecule has 0 atom stereocenters. The first-order valence-electron chi connectivity index (χ1n) is 10.6. The van der Waals surface area contributed by atoms with Gasteiger partial charge in [0.25, 0.3) is 0 Å². The van der Waals surface area contributed by atoms with Gasteiger partial charge in [-0.3, -0.25) is 5.32 Å². The summed E-state index contributed by atoms with van der Waals surface area (Å²) in [7, 11) is 0. The Morgan fingerprint density at radius 1 is 0.781 bits per heavy atom. The molecule has 0 bridgehead atoms. The summed E-state index contributed by atoms with van der Waals surface area (Å²) in [6, 6.07) is 19.5. The number of amides is 2. The third-order valence-corrected chi connectivity index (χ3v) is 3.94. The zero-order chi connectivity index (χ0) is 23.8. The zero-order valence-corrected chi connectivity index (χ0v) is 19.7. The van der Waals surface area contributed by atoms with Gasteiger partial charge in [0.05, 0.1) is 0 Å². The van der Waals surface area contributed by atoms with Gasteiger partial charge < -0.3 is 14.4 Å². The number of aliphatic imine (C=N–C) groups is 1. The highest BCUT2D eigenvalue weighted by molar-refractivity contribution is 5.98. The van der Waals surface area contributed by atoms with E-state index in [1.165, 1.54) is 0 Å². The van der Waals surface area contributed by atoms with Gasteiger partial charge in [-0.25, -0.2) is 9.59 Å². The Morgan fingerprint density at radius 3 is 1.62 bits per heavy atom. The number of carbonyl (C=O) groups is 2. The lowest BCUT2D eigenvalue weighted by Gasteiger charge is -2.28. The molecule has 0 radical (unpaired) electrons. The van der Waals surface area contributed by atoms with Crippen LogP contribution in [0, 0.1) is 0 Å². The number of guanidine groups is 1. The molecular formula is C25H33N3O4. The molecule has 0 saturated heterocycles. The average Bonchev–Trinajstić information content (AvgIpc) is 2.65. The Kier molecular flexibility index (Phi) is 8.41. The fraction of sp³-hybridized carbons (Fsp3) is 0.400. The second kappa shape index (κ2) is 10.8. The molecule has 0 heterocycles. The van der Waals surface area contributed by atoms with Crippen molar-refractivity contribution in [2.75, 3.05) is 0 Å². The SMILES string of the molecule is CC(C)(C)OC(=O)/N=C(\NC(=O)OC(C)(C)C)N(Cc1ccccc1)Cc1ccccc1. The Labute approximate surface area is 190 Å². The van der Waals surface area contributed by atoms with E-state index in [0.717, 1.165) is 11.1 Å². The van der Waals surface area contributed by atoms with E-state index in [0.29, 0.717) is 13.1 Å². The molecule has 2 aromatic carbocycles. The predicted octanol–water partition coefficient (Wildman–Crippen LogP) is 5.50. The van der Waals surface area contributed by atoms with Gasteiger partial charge in [-0.05, 0) is 52.7 Å². The van der Waals surface area contributed by atoms with E-state index in [9.17, 15) is 9.59 Å². The highest BCUT2D eigenvalue weighted by Crippen LogP contribution is 2.14. The smallest absolute Gasteiger partial charge is 0.437 e. The van der Waals surface area contributed by atoms with Gasteiger partial charge in [0.15, 0.2) is 0 Å². The zero-order valence-electron chi connectivity index (χ0n) is 19.7. The number of nitrogens with one attached hydrogen (secondary N) is 1. The van der Waals surface area contributed by atoms with Crippen LogP contribution in [0.25, 0.3) is 0 Å². The number of ether oxygens (including phenoxy) is 2. The van der Waals surface area contributed by atoms with Crippen molar-refractivity contribution < 1.29 is 19.1 Å². The van der Waals surface area contributed by atoms with E-state index >= 15 is 0 Å². The van der Waals surface area contributed by atoms with Gasteiger partial charge in [-0.1, -0.05) is 60.7 Å². The van der Waals surface area contributed by atoms with E-state index in [1.54, 1.807) is 46.4 Å². The van der Waals surface area contributed by atoms with Crippen LogP contribution in [0.15, 0.2) is 65.7 Å². The first-order chi connectivity index (χ1) is 14.9. The van der Waals surface area contributed by atoms with Crippen molar-refractivity contribution in [1.82, 2.24) is 10.2 Å². The molecule has 2 rings (SSSR count). The molecule has 7 nitrogen and oxygen atoms in total. The van der Waals surface area contributed by atoms with E-state index in [-0.39, 0.29) is 5.96 Å². The van der Waals surface area contributed by atoms with Crippen LogP contribution >= 0.6 is 0 Å². The molecular weight excluding hydrogens is 406 g/mol. The minimum atomic E-state index is -0.797. The van der Waals surface area contributed by atoms with Crippen LogP contribution in [0.1, 0.15) is 52.7 Å². The third kappa shape index (κ3) is 9.64. The molecule has 2 aromatic rings. The largest absolute Gasteiger partial charge is 0.444 e. The molecule has 0 aliphatic rings. The van der Waals surface area contributed by atoms with Gasteiger partial charge in [-0.2, -0.15) is 0 Å². The first-order valence-corrected chi connectivity index (χ1v) is 10.6. The van der Waals surface area contributed by atoms with Gasteiger partial charge in [0.2, 0.25) is 5.96 Å². The van der Waals surface area contributed by atoms with Crippen molar-refractivity contribution in [3.05, 3.63) is 71.8 Å². The number of alkyl carbamates (subject to hydrolysis) is 1. The Morgan fingerprint density at radius 2 is 1.22 bits per heavy atom. The van der Waals surface area contributed by atoms with Crippen molar-refractivity contribution in [2.24, 2.45) is 4.99 Å². The van der Waals surface area contributed by atoms with Crippen LogP contribution in [0.4, 0.5) is 9.59 Å². The van der Waals surface area contributed by atoms with Crippen LogP contribution in [0.2, 0.25) is 0 Å². The van der Waals surface area contributed by atoms with Crippen molar-refractivity contribution in [3.63, 3.8) is 0 Å². The van der Waals surface area contributed by atoms with Crippen LogP contribution < -0.4 is 5.32 Å². The summed E-state index contributed by atoms with van der Waals surface area (Å²) in [5, 5.41) is 2.64. The van der Waals surface area contributed by atoms with Gasteiger partial charge >= 0.3 is 12.2 Å². The van der Waals surface area contributed by atoms with Crippen LogP contribution in [-0.2, 0) is 22.6 Å². The standard InChI is InChI=1S/C25H33N3O4/c1-24(2,3)31-22(29)26-21(27-23(30)32-25(4,5)6)28(17-19-13-9-7-10-14-19)18-20-15-11-8-12-16-20/h7-16H,17-18H2,1-6H3,(H,26,27,29,30). The van der Waals surface area contributed by atoms with Crippen molar-refractivity contribution in [1.29, 1.82) is 0 Å². The molecule has 0 aromatic heterocycles. The fourth-order valence-corrected chi connectivity index (χ4v) is 2.76. The summed E-state index contributed by atoms with van der Waals surface area (Å²) < 4.78 is 10.7. The predicted molar refractivity (Wildman–Crippen MR) is 125 cm³/mol. The molecule has 0 unspecified atom stereocenters. The summed E-state index contributed by atoms with van der Waals surface area (Å²) in [5.74, 6) is 0.0567. The Bertz CT molecular complexity index is 872. The number of carbonyl (C=O) groups excluding carboxylic acids is 2. The molecule has 0 aliphatic heterocycles. The maximum absolute atomic E-state index is 12.6. The van der Waals surface area contributed by atoms with Gasteiger partial charge in [-0.15, -0.1) is 4.99 Å². The van der Waals surface area contributed by atoms with E-state index in [2.05, 4.69) is 10.3 Å². The number of hydrogen-bond donors (Lipinski definition) is 1. The van der Waals surface area contributed by atoms with E-state index in [1.807, 2.05) is 60.7 Å². The second-order valence-electron chi connectivity index (χ2n) is 9.37. The van der Waals surface area contributed by atoms with Crippen molar-refractivity contribution in [2.45, 2.75) is 65.8 Å². The number of hydrogen-bond acceptors (Lipinski definition) is 4. The molecule has 7 heteroatoms. The molecule has 32 heavy (non-hydrogen) atoms. The normalized spacial score (nSPS) is 12.1. The highest BCUT2D eigenvalue weighted by atomic mass is 16.6. The quantitative estimate of drug-likeness (QED) is 0.502. The van der Waals surface area contributed by atoms with Gasteiger partial charge in [0.1, 0.15) is 11.2 Å². The summed E-state index contributed by atoms with van der Waals surface area (Å²) in [5.41, 5.74) is 0.559. The van der Waals surface area contributed by atoms with E-state index in [4.69, 9.17) is 9.47 Å². The second-order valence-corrected chi connectivity index (χ2v) is 9.37. The van der Waals surface area contributed by atoms with Crippen LogP contribution in [0.3, 0.4) is 0 Å². The topological polar surface area (TPSA) is 80.2 Å².